The van der Waals surface area contributed by atoms with Crippen molar-refractivity contribution < 1.29 is 19.8 Å². The van der Waals surface area contributed by atoms with Crippen molar-refractivity contribution in [2.45, 2.75) is 32.8 Å². The van der Waals surface area contributed by atoms with Gasteiger partial charge in [-0.3, -0.25) is 4.79 Å². The summed E-state index contributed by atoms with van der Waals surface area (Å²) in [5.41, 5.74) is 1.09. The summed E-state index contributed by atoms with van der Waals surface area (Å²) < 4.78 is 0. The third-order valence-electron chi connectivity index (χ3n) is 2.88. The molecule has 6 heteroatoms. The molecule has 6 nitrogen and oxygen atoms in total. The molecule has 0 spiro atoms. The first-order valence-corrected chi connectivity index (χ1v) is 6.26. The first kappa shape index (κ1) is 16.0. The van der Waals surface area contributed by atoms with Crippen LogP contribution in [-0.4, -0.2) is 34.4 Å². The first-order chi connectivity index (χ1) is 9.21. The lowest BCUT2D eigenvalue weighted by Crippen LogP contribution is -2.43. The van der Waals surface area contributed by atoms with Crippen LogP contribution >= 0.6 is 0 Å². The Bertz CT molecular complexity index is 492. The van der Waals surface area contributed by atoms with Crippen LogP contribution in [0.2, 0.25) is 0 Å². The summed E-state index contributed by atoms with van der Waals surface area (Å²) in [6.45, 7) is 4.98. The third-order valence-corrected chi connectivity index (χ3v) is 2.88. The maximum Gasteiger partial charge on any atom is 0.319 e. The molecule has 1 aromatic carbocycles. The zero-order chi connectivity index (χ0) is 15.3. The van der Waals surface area contributed by atoms with E-state index < -0.39 is 24.0 Å². The molecule has 4 N–H and O–H groups in total. The minimum absolute atomic E-state index is 0.143. The fraction of sp³-hybridized carbons (Fsp3) is 0.429. The predicted molar refractivity (Wildman–Crippen MR) is 75.8 cm³/mol. The molecular weight excluding hydrogens is 260 g/mol. The molecule has 0 aromatic heterocycles. The normalized spacial score (nSPS) is 13.4. The van der Waals surface area contributed by atoms with Crippen LogP contribution in [0.3, 0.4) is 0 Å². The van der Waals surface area contributed by atoms with Crippen LogP contribution in [0.1, 0.15) is 24.5 Å². The molecule has 0 aliphatic carbocycles. The highest BCUT2D eigenvalue weighted by molar-refractivity contribution is 5.91. The van der Waals surface area contributed by atoms with Gasteiger partial charge in [0.15, 0.2) is 0 Å². The minimum atomic E-state index is -1.48. The average Bonchev–Trinajstić information content (AvgIpc) is 2.30. The number of nitrogens with one attached hydrogen (secondary N) is 2. The molecule has 1 rings (SSSR count). The van der Waals surface area contributed by atoms with E-state index in [1.807, 2.05) is 32.0 Å². The molecular formula is C14H20N2O4. The standard InChI is InChI=1S/C14H20N2O4/c1-9-5-4-6-10(2)12(9)16-13(19)15-8-14(3,20)7-11(17)18/h4-6,20H,7-8H2,1-3H3,(H,17,18)(H2,15,16,19). The van der Waals surface area contributed by atoms with Gasteiger partial charge in [0.1, 0.15) is 0 Å². The van der Waals surface area contributed by atoms with Crippen LogP contribution < -0.4 is 10.6 Å². The number of aliphatic hydroxyl groups is 1. The molecule has 0 bridgehead atoms. The Morgan fingerprint density at radius 2 is 1.80 bits per heavy atom. The molecule has 0 saturated heterocycles. The number of carbonyl (C=O) groups excluding carboxylic acids is 1. The van der Waals surface area contributed by atoms with E-state index in [4.69, 9.17) is 5.11 Å². The van der Waals surface area contributed by atoms with E-state index in [9.17, 15) is 14.7 Å². The number of para-hydroxylation sites is 1. The van der Waals surface area contributed by atoms with Gasteiger partial charge in [0, 0.05) is 12.2 Å². The number of urea groups is 1. The summed E-state index contributed by atoms with van der Waals surface area (Å²) in [6.07, 6.45) is -0.434. The van der Waals surface area contributed by atoms with Crippen molar-refractivity contribution in [3.63, 3.8) is 0 Å². The van der Waals surface area contributed by atoms with Gasteiger partial charge < -0.3 is 20.8 Å². The molecule has 20 heavy (non-hydrogen) atoms. The van der Waals surface area contributed by atoms with Gasteiger partial charge in [0.2, 0.25) is 0 Å². The van der Waals surface area contributed by atoms with Crippen LogP contribution in [0.4, 0.5) is 10.5 Å². The topological polar surface area (TPSA) is 98.7 Å². The van der Waals surface area contributed by atoms with Crippen molar-refractivity contribution in [2.75, 3.05) is 11.9 Å². The SMILES string of the molecule is Cc1cccc(C)c1NC(=O)NCC(C)(O)CC(=O)O. The molecule has 0 fully saturated rings. The molecule has 2 amide bonds. The summed E-state index contributed by atoms with van der Waals surface area (Å²) in [5.74, 6) is -1.12. The van der Waals surface area contributed by atoms with Crippen LogP contribution in [0, 0.1) is 13.8 Å². The van der Waals surface area contributed by atoms with E-state index >= 15 is 0 Å². The molecule has 0 radical (unpaired) electrons. The Labute approximate surface area is 117 Å². The van der Waals surface area contributed by atoms with Crippen molar-refractivity contribution >= 4 is 17.7 Å². The summed E-state index contributed by atoms with van der Waals surface area (Å²) in [4.78, 5) is 22.3. The smallest absolute Gasteiger partial charge is 0.319 e. The summed E-state index contributed by atoms with van der Waals surface area (Å²) in [6, 6.07) is 5.17. The van der Waals surface area contributed by atoms with Crippen molar-refractivity contribution in [1.29, 1.82) is 0 Å². The van der Waals surface area contributed by atoms with Gasteiger partial charge in [-0.15, -0.1) is 0 Å². The van der Waals surface area contributed by atoms with E-state index in [0.717, 1.165) is 11.1 Å². The van der Waals surface area contributed by atoms with E-state index in [-0.39, 0.29) is 6.54 Å². The first-order valence-electron chi connectivity index (χ1n) is 6.26. The second-order valence-electron chi connectivity index (χ2n) is 5.14. The number of hydrogen-bond donors (Lipinski definition) is 4. The number of carboxylic acid groups (broad SMARTS) is 1. The number of benzene rings is 1. The molecule has 0 saturated carbocycles. The highest BCUT2D eigenvalue weighted by Crippen LogP contribution is 2.19. The molecule has 0 aliphatic heterocycles. The van der Waals surface area contributed by atoms with Crippen LogP contribution in [0.15, 0.2) is 18.2 Å². The number of rotatable bonds is 5. The number of anilines is 1. The fourth-order valence-corrected chi connectivity index (χ4v) is 1.83. The van der Waals surface area contributed by atoms with E-state index in [1.165, 1.54) is 6.92 Å². The monoisotopic (exact) mass is 280 g/mol. The Morgan fingerprint density at radius 3 is 2.30 bits per heavy atom. The maximum atomic E-state index is 11.8. The number of hydrogen-bond acceptors (Lipinski definition) is 3. The van der Waals surface area contributed by atoms with Gasteiger partial charge in [0.25, 0.3) is 0 Å². The Hall–Kier alpha value is -2.08. The van der Waals surface area contributed by atoms with Crippen molar-refractivity contribution in [2.24, 2.45) is 0 Å². The Kier molecular flexibility index (Phi) is 5.10. The summed E-state index contributed by atoms with van der Waals surface area (Å²) in [7, 11) is 0. The lowest BCUT2D eigenvalue weighted by Gasteiger charge is -2.22. The average molecular weight is 280 g/mol. The van der Waals surface area contributed by atoms with Crippen molar-refractivity contribution in [1.82, 2.24) is 5.32 Å². The molecule has 0 heterocycles. The lowest BCUT2D eigenvalue weighted by atomic mass is 10.0. The number of aliphatic carboxylic acids is 1. The van der Waals surface area contributed by atoms with E-state index in [0.29, 0.717) is 5.69 Å². The van der Waals surface area contributed by atoms with Gasteiger partial charge >= 0.3 is 12.0 Å². The van der Waals surface area contributed by atoms with Gasteiger partial charge in [-0.25, -0.2) is 4.79 Å². The zero-order valence-electron chi connectivity index (χ0n) is 11.9. The van der Waals surface area contributed by atoms with Gasteiger partial charge in [0.05, 0.1) is 12.0 Å². The molecule has 1 atom stereocenters. The summed E-state index contributed by atoms with van der Waals surface area (Å²) >= 11 is 0. The van der Waals surface area contributed by atoms with Gasteiger partial charge in [-0.05, 0) is 31.9 Å². The fourth-order valence-electron chi connectivity index (χ4n) is 1.83. The maximum absolute atomic E-state index is 11.8. The van der Waals surface area contributed by atoms with Crippen LogP contribution in [0.25, 0.3) is 0 Å². The van der Waals surface area contributed by atoms with E-state index in [2.05, 4.69) is 10.6 Å². The minimum Gasteiger partial charge on any atom is -0.481 e. The van der Waals surface area contributed by atoms with Crippen molar-refractivity contribution in [3.05, 3.63) is 29.3 Å². The molecule has 1 unspecified atom stereocenters. The molecule has 1 aromatic rings. The lowest BCUT2D eigenvalue weighted by molar-refractivity contribution is -0.141. The quantitative estimate of drug-likeness (QED) is 0.659. The van der Waals surface area contributed by atoms with Crippen molar-refractivity contribution in [3.8, 4) is 0 Å². The zero-order valence-corrected chi connectivity index (χ0v) is 11.9. The predicted octanol–water partition coefficient (Wildman–Crippen LogP) is 1.65. The Morgan fingerprint density at radius 1 is 1.25 bits per heavy atom. The van der Waals surface area contributed by atoms with Gasteiger partial charge in [-0.1, -0.05) is 18.2 Å². The summed E-state index contributed by atoms with van der Waals surface area (Å²) in [5, 5.41) is 23.6. The van der Waals surface area contributed by atoms with Crippen LogP contribution in [-0.2, 0) is 4.79 Å². The number of amides is 2. The number of carboxylic acids is 1. The molecule has 0 aliphatic rings. The highest BCUT2D eigenvalue weighted by Gasteiger charge is 2.24. The molecule has 110 valence electrons. The second kappa shape index (κ2) is 6.38. The van der Waals surface area contributed by atoms with E-state index in [1.54, 1.807) is 0 Å². The third kappa shape index (κ3) is 4.89. The van der Waals surface area contributed by atoms with Gasteiger partial charge in [-0.2, -0.15) is 0 Å². The Balaban J connectivity index is 2.59. The number of aryl methyl sites for hydroxylation is 2. The highest BCUT2D eigenvalue weighted by atomic mass is 16.4. The second-order valence-corrected chi connectivity index (χ2v) is 5.14. The largest absolute Gasteiger partial charge is 0.481 e. The van der Waals surface area contributed by atoms with Crippen LogP contribution in [0.5, 0.6) is 0 Å². The number of carbonyl (C=O) groups is 2.